The zero-order chi connectivity index (χ0) is 15.7. The van der Waals surface area contributed by atoms with Gasteiger partial charge in [-0.1, -0.05) is 0 Å². The second kappa shape index (κ2) is 5.39. The molecule has 0 radical (unpaired) electrons. The van der Waals surface area contributed by atoms with Crippen LogP contribution in [0.1, 0.15) is 30.3 Å². The molecule has 1 saturated heterocycles. The van der Waals surface area contributed by atoms with Gasteiger partial charge in [0.2, 0.25) is 5.95 Å². The lowest BCUT2D eigenvalue weighted by Crippen LogP contribution is -2.25. The van der Waals surface area contributed by atoms with Gasteiger partial charge in [-0.3, -0.25) is 4.98 Å². The monoisotopic (exact) mass is 310 g/mol. The first-order valence-corrected chi connectivity index (χ1v) is 6.69. The van der Waals surface area contributed by atoms with E-state index in [1.165, 1.54) is 0 Å². The van der Waals surface area contributed by atoms with Gasteiger partial charge in [0.1, 0.15) is 11.5 Å². The minimum Gasteiger partial charge on any atom is -0.368 e. The van der Waals surface area contributed by atoms with Gasteiger partial charge in [0, 0.05) is 18.9 Å². The van der Waals surface area contributed by atoms with Gasteiger partial charge in [-0.05, 0) is 18.9 Å². The van der Waals surface area contributed by atoms with E-state index in [4.69, 9.17) is 5.73 Å². The second-order valence-electron chi connectivity index (χ2n) is 4.95. The van der Waals surface area contributed by atoms with Gasteiger partial charge in [0.05, 0.1) is 17.9 Å². The maximum atomic E-state index is 12.9. The van der Waals surface area contributed by atoms with Crippen molar-refractivity contribution in [1.82, 2.24) is 19.9 Å². The molecule has 0 aromatic carbocycles. The summed E-state index contributed by atoms with van der Waals surface area (Å²) in [5.41, 5.74) is 4.67. The van der Waals surface area contributed by atoms with Crippen LogP contribution in [0.5, 0.6) is 0 Å². The summed E-state index contributed by atoms with van der Waals surface area (Å²) in [4.78, 5) is 17.3. The molecule has 2 aromatic rings. The third kappa shape index (κ3) is 2.78. The molecule has 1 atom stereocenters. The molecule has 0 aliphatic carbocycles. The van der Waals surface area contributed by atoms with Crippen LogP contribution in [0.15, 0.2) is 24.7 Å². The molecule has 2 N–H and O–H groups in total. The topological polar surface area (TPSA) is 80.8 Å². The van der Waals surface area contributed by atoms with Crippen molar-refractivity contribution in [2.75, 3.05) is 17.2 Å². The number of nitrogens with zero attached hydrogens (tertiary/aromatic N) is 5. The highest BCUT2D eigenvalue weighted by Crippen LogP contribution is 2.36. The van der Waals surface area contributed by atoms with E-state index in [1.807, 2.05) is 4.90 Å². The summed E-state index contributed by atoms with van der Waals surface area (Å²) in [5.74, 6) is 0.228. The molecule has 3 rings (SSSR count). The Hall–Kier alpha value is -2.45. The number of anilines is 2. The largest absolute Gasteiger partial charge is 0.433 e. The highest BCUT2D eigenvalue weighted by molar-refractivity contribution is 5.41. The average Bonchev–Trinajstić information content (AvgIpc) is 2.96. The summed E-state index contributed by atoms with van der Waals surface area (Å²) in [5, 5.41) is 0. The minimum absolute atomic E-state index is 0.253. The van der Waals surface area contributed by atoms with E-state index in [1.54, 1.807) is 18.6 Å². The van der Waals surface area contributed by atoms with Crippen LogP contribution in [0.25, 0.3) is 0 Å². The second-order valence-corrected chi connectivity index (χ2v) is 4.95. The number of halogens is 3. The molecular weight excluding hydrogens is 297 g/mol. The molecule has 0 saturated carbocycles. The van der Waals surface area contributed by atoms with Crippen molar-refractivity contribution in [1.29, 1.82) is 0 Å². The van der Waals surface area contributed by atoms with Crippen LogP contribution in [0, 0.1) is 0 Å². The first-order valence-electron chi connectivity index (χ1n) is 6.69. The lowest BCUT2D eigenvalue weighted by atomic mass is 10.1. The Bertz CT molecular complexity index is 661. The van der Waals surface area contributed by atoms with Gasteiger partial charge in [-0.15, -0.1) is 0 Å². The number of nitrogens with two attached hydrogens (primary N) is 1. The van der Waals surface area contributed by atoms with Gasteiger partial charge in [-0.2, -0.15) is 13.2 Å². The predicted octanol–water partition coefficient (Wildman–Crippen LogP) is 2.21. The zero-order valence-electron chi connectivity index (χ0n) is 11.5. The quantitative estimate of drug-likeness (QED) is 0.916. The number of rotatable bonds is 2. The van der Waals surface area contributed by atoms with E-state index in [-0.39, 0.29) is 17.7 Å². The van der Waals surface area contributed by atoms with Crippen molar-refractivity contribution in [3.8, 4) is 0 Å². The summed E-state index contributed by atoms with van der Waals surface area (Å²) in [7, 11) is 0. The molecule has 0 bridgehead atoms. The Kier molecular flexibility index (Phi) is 3.55. The summed E-state index contributed by atoms with van der Waals surface area (Å²) in [6.45, 7) is 0.675. The van der Waals surface area contributed by atoms with Gasteiger partial charge in [0.15, 0.2) is 0 Å². The van der Waals surface area contributed by atoms with Crippen LogP contribution in [-0.2, 0) is 6.18 Å². The van der Waals surface area contributed by atoms with E-state index in [2.05, 4.69) is 19.9 Å². The first kappa shape index (κ1) is 14.5. The van der Waals surface area contributed by atoms with Gasteiger partial charge in [0.25, 0.3) is 0 Å². The van der Waals surface area contributed by atoms with Crippen LogP contribution in [-0.4, -0.2) is 26.5 Å². The Morgan fingerprint density at radius 2 is 2.05 bits per heavy atom. The predicted molar refractivity (Wildman–Crippen MR) is 72.8 cm³/mol. The van der Waals surface area contributed by atoms with Gasteiger partial charge >= 0.3 is 6.18 Å². The molecule has 1 aliphatic rings. The Balaban J connectivity index is 1.98. The van der Waals surface area contributed by atoms with Crippen LogP contribution in [0.2, 0.25) is 0 Å². The molecule has 3 heterocycles. The number of hydrogen-bond donors (Lipinski definition) is 1. The van der Waals surface area contributed by atoms with E-state index in [0.29, 0.717) is 18.8 Å². The summed E-state index contributed by atoms with van der Waals surface area (Å²) in [6.07, 6.45) is 1.60. The third-order valence-electron chi connectivity index (χ3n) is 3.49. The molecule has 116 valence electrons. The minimum atomic E-state index is -4.55. The third-order valence-corrected chi connectivity index (χ3v) is 3.49. The highest BCUT2D eigenvalue weighted by atomic mass is 19.4. The van der Waals surface area contributed by atoms with Crippen molar-refractivity contribution in [2.45, 2.75) is 25.1 Å². The number of nitrogen functional groups attached to an aromatic ring is 1. The molecule has 0 unspecified atom stereocenters. The van der Waals surface area contributed by atoms with Crippen LogP contribution >= 0.6 is 0 Å². The Labute approximate surface area is 124 Å². The Morgan fingerprint density at radius 3 is 2.73 bits per heavy atom. The first-order chi connectivity index (χ1) is 10.4. The van der Waals surface area contributed by atoms with Crippen LogP contribution in [0.4, 0.5) is 24.9 Å². The molecule has 1 aliphatic heterocycles. The fraction of sp³-hybridized carbons (Fsp3) is 0.385. The normalized spacial score (nSPS) is 18.7. The average molecular weight is 310 g/mol. The summed E-state index contributed by atoms with van der Waals surface area (Å²) < 4.78 is 38.6. The van der Waals surface area contributed by atoms with E-state index in [0.717, 1.165) is 12.5 Å². The smallest absolute Gasteiger partial charge is 0.368 e. The number of hydrogen-bond acceptors (Lipinski definition) is 6. The van der Waals surface area contributed by atoms with Crippen molar-refractivity contribution < 1.29 is 13.2 Å². The van der Waals surface area contributed by atoms with E-state index >= 15 is 0 Å². The Morgan fingerprint density at radius 1 is 1.23 bits per heavy atom. The van der Waals surface area contributed by atoms with Crippen molar-refractivity contribution in [2.24, 2.45) is 0 Å². The molecule has 0 amide bonds. The molecule has 1 fully saturated rings. The zero-order valence-corrected chi connectivity index (χ0v) is 11.5. The molecule has 2 aromatic heterocycles. The van der Waals surface area contributed by atoms with Crippen molar-refractivity contribution in [3.63, 3.8) is 0 Å². The lowest BCUT2D eigenvalue weighted by molar-refractivity contribution is -0.141. The maximum absolute atomic E-state index is 12.9. The number of aromatic nitrogens is 4. The molecule has 6 nitrogen and oxygen atoms in total. The molecule has 0 spiro atoms. The van der Waals surface area contributed by atoms with E-state index < -0.39 is 11.9 Å². The lowest BCUT2D eigenvalue weighted by Gasteiger charge is -2.25. The van der Waals surface area contributed by atoms with Crippen molar-refractivity contribution in [3.05, 3.63) is 36.0 Å². The van der Waals surface area contributed by atoms with Gasteiger partial charge < -0.3 is 10.6 Å². The van der Waals surface area contributed by atoms with Crippen LogP contribution < -0.4 is 10.6 Å². The number of alkyl halides is 3. The van der Waals surface area contributed by atoms with Gasteiger partial charge in [-0.25, -0.2) is 15.0 Å². The maximum Gasteiger partial charge on any atom is 0.433 e. The van der Waals surface area contributed by atoms with E-state index in [9.17, 15) is 13.2 Å². The molecule has 9 heteroatoms. The SMILES string of the molecule is Nc1nc([C@@H]2CCCN2c2cnccn2)cc(C(F)(F)F)n1. The molecular formula is C13H13F3N6. The fourth-order valence-electron chi connectivity index (χ4n) is 2.59. The standard InChI is InChI=1S/C13H13F3N6/c14-13(15,16)10-6-8(20-12(17)21-10)9-2-1-5-22(9)11-7-18-3-4-19-11/h3-4,6-7,9H,1-2,5H2,(H2,17,20,21)/t9-/m0/s1. The highest BCUT2D eigenvalue weighted by Gasteiger charge is 2.36. The van der Waals surface area contributed by atoms with Crippen molar-refractivity contribution >= 4 is 11.8 Å². The molecule has 22 heavy (non-hydrogen) atoms. The summed E-state index contributed by atoms with van der Waals surface area (Å²) in [6, 6.07) is 0.638. The van der Waals surface area contributed by atoms with Crippen LogP contribution in [0.3, 0.4) is 0 Å². The fourth-order valence-corrected chi connectivity index (χ4v) is 2.59. The summed E-state index contributed by atoms with van der Waals surface area (Å²) >= 11 is 0.